The van der Waals surface area contributed by atoms with Gasteiger partial charge < -0.3 is 10.2 Å². The predicted molar refractivity (Wildman–Crippen MR) is 82.8 cm³/mol. The summed E-state index contributed by atoms with van der Waals surface area (Å²) in [6, 6.07) is 8.31. The second kappa shape index (κ2) is 5.88. The van der Waals surface area contributed by atoms with Crippen LogP contribution >= 0.6 is 0 Å². The van der Waals surface area contributed by atoms with E-state index >= 15 is 0 Å². The molecule has 21 heavy (non-hydrogen) atoms. The second-order valence-electron chi connectivity index (χ2n) is 6.80. The van der Waals surface area contributed by atoms with Crippen LogP contribution in [0, 0.1) is 0 Å². The smallest absolute Gasteiger partial charge is 0.242 e. The van der Waals surface area contributed by atoms with Crippen LogP contribution in [0.15, 0.2) is 24.3 Å². The summed E-state index contributed by atoms with van der Waals surface area (Å²) in [5.41, 5.74) is 2.50. The molecule has 1 aliphatic rings. The van der Waals surface area contributed by atoms with Crippen LogP contribution in [-0.4, -0.2) is 29.3 Å². The molecule has 0 spiro atoms. The van der Waals surface area contributed by atoms with Gasteiger partial charge in [-0.15, -0.1) is 0 Å². The van der Waals surface area contributed by atoms with E-state index in [2.05, 4.69) is 50.4 Å². The molecule has 1 aromatic rings. The number of benzene rings is 1. The van der Waals surface area contributed by atoms with E-state index in [9.17, 15) is 9.59 Å². The van der Waals surface area contributed by atoms with E-state index in [0.29, 0.717) is 13.0 Å². The third kappa shape index (κ3) is 3.84. The van der Waals surface area contributed by atoms with Crippen LogP contribution in [-0.2, 0) is 21.5 Å². The van der Waals surface area contributed by atoms with Gasteiger partial charge in [0, 0.05) is 19.0 Å². The lowest BCUT2D eigenvalue weighted by molar-refractivity contribution is -0.132. The minimum absolute atomic E-state index is 0.0201. The fraction of sp³-hybridized carbons (Fsp3) is 0.529. The van der Waals surface area contributed by atoms with Crippen LogP contribution in [0.25, 0.3) is 0 Å². The van der Waals surface area contributed by atoms with Gasteiger partial charge >= 0.3 is 0 Å². The quantitative estimate of drug-likeness (QED) is 0.907. The van der Waals surface area contributed by atoms with Crippen molar-refractivity contribution in [3.05, 3.63) is 35.4 Å². The molecular weight excluding hydrogens is 264 g/mol. The van der Waals surface area contributed by atoms with Gasteiger partial charge in [0.2, 0.25) is 11.8 Å². The van der Waals surface area contributed by atoms with Gasteiger partial charge in [0.1, 0.15) is 0 Å². The monoisotopic (exact) mass is 288 g/mol. The van der Waals surface area contributed by atoms with Crippen LogP contribution in [0.2, 0.25) is 0 Å². The number of hydrogen-bond donors (Lipinski definition) is 1. The molecule has 0 radical (unpaired) electrons. The van der Waals surface area contributed by atoms with Crippen molar-refractivity contribution in [2.24, 2.45) is 0 Å². The molecule has 4 nitrogen and oxygen atoms in total. The zero-order valence-electron chi connectivity index (χ0n) is 13.3. The number of amides is 2. The van der Waals surface area contributed by atoms with Crippen molar-refractivity contribution < 1.29 is 9.59 Å². The fourth-order valence-electron chi connectivity index (χ4n) is 2.52. The Bertz CT molecular complexity index is 529. The Morgan fingerprint density at radius 2 is 1.81 bits per heavy atom. The first kappa shape index (κ1) is 15.5. The predicted octanol–water partition coefficient (Wildman–Crippen LogP) is 2.22. The molecule has 1 unspecified atom stereocenters. The van der Waals surface area contributed by atoms with Gasteiger partial charge in [-0.3, -0.25) is 9.59 Å². The first-order valence-corrected chi connectivity index (χ1v) is 7.43. The molecule has 1 atom stereocenters. The van der Waals surface area contributed by atoms with Gasteiger partial charge in [0.05, 0.1) is 6.54 Å². The summed E-state index contributed by atoms with van der Waals surface area (Å²) in [4.78, 5) is 25.4. The second-order valence-corrected chi connectivity index (χ2v) is 6.80. The molecule has 4 heteroatoms. The highest BCUT2D eigenvalue weighted by Gasteiger charge is 2.26. The maximum absolute atomic E-state index is 12.1. The minimum atomic E-state index is -0.0673. The molecule has 0 aromatic heterocycles. The lowest BCUT2D eigenvalue weighted by Crippen LogP contribution is -2.39. The Balaban J connectivity index is 2.13. The van der Waals surface area contributed by atoms with Crippen molar-refractivity contribution in [3.63, 3.8) is 0 Å². The van der Waals surface area contributed by atoms with Crippen LogP contribution in [0.1, 0.15) is 45.2 Å². The van der Waals surface area contributed by atoms with Crippen LogP contribution < -0.4 is 5.32 Å². The van der Waals surface area contributed by atoms with E-state index in [1.54, 1.807) is 4.90 Å². The highest BCUT2D eigenvalue weighted by Crippen LogP contribution is 2.23. The van der Waals surface area contributed by atoms with Crippen molar-refractivity contribution in [2.75, 3.05) is 6.54 Å². The Hall–Kier alpha value is -1.84. The largest absolute Gasteiger partial charge is 0.347 e. The van der Waals surface area contributed by atoms with E-state index < -0.39 is 0 Å². The van der Waals surface area contributed by atoms with E-state index in [1.165, 1.54) is 5.56 Å². The van der Waals surface area contributed by atoms with Crippen molar-refractivity contribution in [2.45, 2.75) is 52.1 Å². The maximum atomic E-state index is 12.1. The van der Waals surface area contributed by atoms with Gasteiger partial charge in [0.15, 0.2) is 0 Å². The van der Waals surface area contributed by atoms with E-state index in [1.807, 2.05) is 6.92 Å². The van der Waals surface area contributed by atoms with Crippen LogP contribution in [0.5, 0.6) is 0 Å². The van der Waals surface area contributed by atoms with Gasteiger partial charge in [0.25, 0.3) is 0 Å². The fourth-order valence-corrected chi connectivity index (χ4v) is 2.52. The lowest BCUT2D eigenvalue weighted by atomic mass is 9.86. The molecule has 1 saturated heterocycles. The standard InChI is InChI=1S/C17H24N2O2/c1-12-9-15(20)18-10-16(21)19(12)11-13-5-7-14(8-6-13)17(2,3)4/h5-8,12H,9-11H2,1-4H3,(H,18,20). The van der Waals surface area contributed by atoms with Gasteiger partial charge in [-0.25, -0.2) is 0 Å². The molecule has 1 aromatic carbocycles. The average Bonchev–Trinajstić information content (AvgIpc) is 2.51. The third-order valence-corrected chi connectivity index (χ3v) is 3.94. The Morgan fingerprint density at radius 1 is 1.19 bits per heavy atom. The highest BCUT2D eigenvalue weighted by molar-refractivity contribution is 5.87. The first-order chi connectivity index (χ1) is 9.77. The molecule has 1 heterocycles. The summed E-state index contributed by atoms with van der Waals surface area (Å²) in [5.74, 6) is -0.0744. The number of hydrogen-bond acceptors (Lipinski definition) is 2. The minimum Gasteiger partial charge on any atom is -0.347 e. The Labute approximate surface area is 126 Å². The van der Waals surface area contributed by atoms with Crippen molar-refractivity contribution in [1.82, 2.24) is 10.2 Å². The summed E-state index contributed by atoms with van der Waals surface area (Å²) < 4.78 is 0. The summed E-state index contributed by atoms with van der Waals surface area (Å²) in [6.45, 7) is 9.12. The molecule has 1 fully saturated rings. The third-order valence-electron chi connectivity index (χ3n) is 3.94. The van der Waals surface area contributed by atoms with E-state index in [0.717, 1.165) is 5.56 Å². The molecule has 0 bridgehead atoms. The molecule has 0 saturated carbocycles. The zero-order valence-corrected chi connectivity index (χ0v) is 13.3. The Morgan fingerprint density at radius 3 is 2.38 bits per heavy atom. The molecule has 0 aliphatic carbocycles. The molecule has 1 N–H and O–H groups in total. The number of carbonyl (C=O) groups excluding carboxylic acids is 2. The number of nitrogens with one attached hydrogen (secondary N) is 1. The molecule has 1 aliphatic heterocycles. The number of nitrogens with zero attached hydrogens (tertiary/aromatic N) is 1. The van der Waals surface area contributed by atoms with Gasteiger partial charge in [-0.2, -0.15) is 0 Å². The van der Waals surface area contributed by atoms with Crippen molar-refractivity contribution in [3.8, 4) is 0 Å². The summed E-state index contributed by atoms with van der Waals surface area (Å²) in [5, 5.41) is 2.64. The van der Waals surface area contributed by atoms with E-state index in [-0.39, 0.29) is 29.8 Å². The van der Waals surface area contributed by atoms with Crippen molar-refractivity contribution in [1.29, 1.82) is 0 Å². The highest BCUT2D eigenvalue weighted by atomic mass is 16.2. The summed E-state index contributed by atoms with van der Waals surface area (Å²) >= 11 is 0. The summed E-state index contributed by atoms with van der Waals surface area (Å²) in [6.07, 6.45) is 0.367. The van der Waals surface area contributed by atoms with Gasteiger partial charge in [-0.1, -0.05) is 45.0 Å². The van der Waals surface area contributed by atoms with Crippen LogP contribution in [0.3, 0.4) is 0 Å². The number of rotatable bonds is 2. The first-order valence-electron chi connectivity index (χ1n) is 7.43. The van der Waals surface area contributed by atoms with Crippen molar-refractivity contribution >= 4 is 11.8 Å². The number of carbonyl (C=O) groups is 2. The lowest BCUT2D eigenvalue weighted by Gasteiger charge is -2.27. The normalized spacial score (nSPS) is 20.2. The molecule has 2 amide bonds. The topological polar surface area (TPSA) is 49.4 Å². The maximum Gasteiger partial charge on any atom is 0.242 e. The SMILES string of the molecule is CC1CC(=O)NCC(=O)N1Cc1ccc(C(C)(C)C)cc1. The van der Waals surface area contributed by atoms with Crippen LogP contribution in [0.4, 0.5) is 0 Å². The molecule has 2 rings (SSSR count). The zero-order chi connectivity index (χ0) is 15.6. The molecular formula is C17H24N2O2. The van der Waals surface area contributed by atoms with Gasteiger partial charge in [-0.05, 0) is 23.5 Å². The van der Waals surface area contributed by atoms with E-state index in [4.69, 9.17) is 0 Å². The average molecular weight is 288 g/mol. The summed E-state index contributed by atoms with van der Waals surface area (Å²) in [7, 11) is 0. The Kier molecular flexibility index (Phi) is 4.35. The molecule has 114 valence electrons.